The first-order chi connectivity index (χ1) is 8.70. The minimum absolute atomic E-state index is 0.0903. The average molecular weight is 250 g/mol. The molecule has 4 nitrogen and oxygen atoms in total. The summed E-state index contributed by atoms with van der Waals surface area (Å²) in [5, 5.41) is 2.94. The first-order valence-electron chi connectivity index (χ1n) is 6.93. The van der Waals surface area contributed by atoms with Gasteiger partial charge in [0.05, 0.1) is 0 Å². The van der Waals surface area contributed by atoms with Gasteiger partial charge in [-0.3, -0.25) is 9.59 Å². The Labute approximate surface area is 108 Å². The number of hydrogen-bond acceptors (Lipinski definition) is 2. The third-order valence-electron chi connectivity index (χ3n) is 4.03. The van der Waals surface area contributed by atoms with Gasteiger partial charge in [-0.25, -0.2) is 0 Å². The monoisotopic (exact) mass is 250 g/mol. The summed E-state index contributed by atoms with van der Waals surface area (Å²) in [6.45, 7) is 4.38. The highest BCUT2D eigenvalue weighted by molar-refractivity contribution is 5.87. The molecule has 0 aromatic rings. The average Bonchev–Trinajstić information content (AvgIpc) is 2.40. The molecular formula is C14H22N2O2. The molecular weight excluding hydrogens is 228 g/mol. The number of nitrogens with one attached hydrogen (secondary N) is 1. The van der Waals surface area contributed by atoms with Crippen molar-refractivity contribution in [2.75, 3.05) is 6.54 Å². The van der Waals surface area contributed by atoms with Crippen molar-refractivity contribution in [3.8, 4) is 0 Å². The molecule has 0 spiro atoms. The maximum atomic E-state index is 11.8. The first-order valence-corrected chi connectivity index (χ1v) is 6.93. The lowest BCUT2D eigenvalue weighted by molar-refractivity contribution is -0.136. The minimum Gasteiger partial charge on any atom is -0.350 e. The molecule has 1 aliphatic heterocycles. The summed E-state index contributed by atoms with van der Waals surface area (Å²) < 4.78 is 0. The summed E-state index contributed by atoms with van der Waals surface area (Å²) in [4.78, 5) is 25.1. The minimum atomic E-state index is -0.0903. The third-order valence-corrected chi connectivity index (χ3v) is 4.03. The van der Waals surface area contributed by atoms with E-state index in [4.69, 9.17) is 0 Å². The number of carbonyl (C=O) groups excluding carboxylic acids is 2. The fourth-order valence-corrected chi connectivity index (χ4v) is 3.00. The lowest BCUT2D eigenvalue weighted by Crippen LogP contribution is -2.47. The van der Waals surface area contributed by atoms with Gasteiger partial charge < -0.3 is 10.2 Å². The fourth-order valence-electron chi connectivity index (χ4n) is 3.00. The Morgan fingerprint density at radius 2 is 2.00 bits per heavy atom. The van der Waals surface area contributed by atoms with Crippen LogP contribution in [0, 0.1) is 0 Å². The zero-order chi connectivity index (χ0) is 13.0. The molecule has 4 heteroatoms. The van der Waals surface area contributed by atoms with Crippen LogP contribution in [-0.4, -0.2) is 35.3 Å². The standard InChI is InChI=1S/C14H22N2O2/c1-2-13(17)15-11-6-8-12(9-7-11)16-10-4-3-5-14(16)18/h2,11-12H,1,3-10H2,(H,15,17). The summed E-state index contributed by atoms with van der Waals surface area (Å²) in [5.74, 6) is 0.229. The number of rotatable bonds is 3. The van der Waals surface area contributed by atoms with E-state index >= 15 is 0 Å². The van der Waals surface area contributed by atoms with Crippen LogP contribution in [-0.2, 0) is 9.59 Å². The third kappa shape index (κ3) is 3.12. The Bertz CT molecular complexity index is 333. The number of piperidine rings is 1. The van der Waals surface area contributed by atoms with Crippen LogP contribution in [0.3, 0.4) is 0 Å². The molecule has 2 rings (SSSR count). The van der Waals surface area contributed by atoms with E-state index in [9.17, 15) is 9.59 Å². The number of likely N-dealkylation sites (tertiary alicyclic amines) is 1. The Morgan fingerprint density at radius 1 is 1.28 bits per heavy atom. The van der Waals surface area contributed by atoms with E-state index in [2.05, 4.69) is 16.8 Å². The van der Waals surface area contributed by atoms with Gasteiger partial charge >= 0.3 is 0 Å². The molecule has 2 amide bonds. The van der Waals surface area contributed by atoms with E-state index in [1.165, 1.54) is 6.08 Å². The topological polar surface area (TPSA) is 49.4 Å². The van der Waals surface area contributed by atoms with Crippen LogP contribution in [0.5, 0.6) is 0 Å². The maximum absolute atomic E-state index is 11.8. The summed E-state index contributed by atoms with van der Waals surface area (Å²) >= 11 is 0. The van der Waals surface area contributed by atoms with Gasteiger partial charge in [-0.1, -0.05) is 6.58 Å². The summed E-state index contributed by atoms with van der Waals surface area (Å²) in [7, 11) is 0. The highest BCUT2D eigenvalue weighted by Gasteiger charge is 2.30. The first kappa shape index (κ1) is 13.1. The van der Waals surface area contributed by atoms with Crippen LogP contribution in [0.1, 0.15) is 44.9 Å². The lowest BCUT2D eigenvalue weighted by atomic mass is 9.89. The zero-order valence-corrected chi connectivity index (χ0v) is 10.9. The smallest absolute Gasteiger partial charge is 0.243 e. The van der Waals surface area contributed by atoms with Gasteiger partial charge in [0.15, 0.2) is 0 Å². The number of hydrogen-bond donors (Lipinski definition) is 1. The maximum Gasteiger partial charge on any atom is 0.243 e. The molecule has 18 heavy (non-hydrogen) atoms. The van der Waals surface area contributed by atoms with Crippen LogP contribution in [0.4, 0.5) is 0 Å². The van der Waals surface area contributed by atoms with Gasteiger partial charge in [0.2, 0.25) is 11.8 Å². The normalized spacial score (nSPS) is 28.9. The molecule has 1 aliphatic carbocycles. The molecule has 100 valence electrons. The second-order valence-electron chi connectivity index (χ2n) is 5.26. The SMILES string of the molecule is C=CC(=O)NC1CCC(N2CCCCC2=O)CC1. The van der Waals surface area contributed by atoms with E-state index in [1.54, 1.807) is 0 Å². The largest absolute Gasteiger partial charge is 0.350 e. The van der Waals surface area contributed by atoms with Crippen LogP contribution in [0.15, 0.2) is 12.7 Å². The van der Waals surface area contributed by atoms with Gasteiger partial charge in [0.25, 0.3) is 0 Å². The summed E-state index contributed by atoms with van der Waals surface area (Å²) in [6.07, 6.45) is 8.16. The van der Waals surface area contributed by atoms with E-state index in [1.807, 2.05) is 0 Å². The second kappa shape index (κ2) is 6.03. The van der Waals surface area contributed by atoms with Crippen LogP contribution in [0.25, 0.3) is 0 Å². The van der Waals surface area contributed by atoms with Crippen molar-refractivity contribution >= 4 is 11.8 Å². The molecule has 0 atom stereocenters. The number of carbonyl (C=O) groups is 2. The second-order valence-corrected chi connectivity index (χ2v) is 5.26. The molecule has 0 aromatic heterocycles. The van der Waals surface area contributed by atoms with E-state index in [0.717, 1.165) is 45.1 Å². The highest BCUT2D eigenvalue weighted by atomic mass is 16.2. The molecule has 0 unspecified atom stereocenters. The summed E-state index contributed by atoms with van der Waals surface area (Å²) in [5.41, 5.74) is 0. The van der Waals surface area contributed by atoms with E-state index in [0.29, 0.717) is 18.4 Å². The molecule has 2 aliphatic rings. The van der Waals surface area contributed by atoms with Crippen molar-refractivity contribution in [3.63, 3.8) is 0 Å². The van der Waals surface area contributed by atoms with Crippen LogP contribution < -0.4 is 5.32 Å². The van der Waals surface area contributed by atoms with Crippen LogP contribution >= 0.6 is 0 Å². The van der Waals surface area contributed by atoms with Crippen molar-refractivity contribution in [1.82, 2.24) is 10.2 Å². The molecule has 0 bridgehead atoms. The quantitative estimate of drug-likeness (QED) is 0.774. The number of nitrogens with zero attached hydrogens (tertiary/aromatic N) is 1. The predicted molar refractivity (Wildman–Crippen MR) is 69.9 cm³/mol. The lowest BCUT2D eigenvalue weighted by Gasteiger charge is -2.39. The molecule has 0 radical (unpaired) electrons. The Hall–Kier alpha value is -1.32. The summed E-state index contributed by atoms with van der Waals surface area (Å²) in [6, 6.07) is 0.654. The van der Waals surface area contributed by atoms with Crippen molar-refractivity contribution in [3.05, 3.63) is 12.7 Å². The molecule has 1 saturated carbocycles. The highest BCUT2D eigenvalue weighted by Crippen LogP contribution is 2.26. The molecule has 0 aromatic carbocycles. The predicted octanol–water partition coefficient (Wildman–Crippen LogP) is 1.61. The van der Waals surface area contributed by atoms with E-state index in [-0.39, 0.29) is 11.9 Å². The van der Waals surface area contributed by atoms with Gasteiger partial charge in [-0.2, -0.15) is 0 Å². The molecule has 2 fully saturated rings. The van der Waals surface area contributed by atoms with Gasteiger partial charge in [-0.15, -0.1) is 0 Å². The fraction of sp³-hybridized carbons (Fsp3) is 0.714. The van der Waals surface area contributed by atoms with Gasteiger partial charge in [0.1, 0.15) is 0 Å². The van der Waals surface area contributed by atoms with Crippen molar-refractivity contribution in [2.24, 2.45) is 0 Å². The Kier molecular flexibility index (Phi) is 4.39. The van der Waals surface area contributed by atoms with Gasteiger partial charge in [-0.05, 0) is 44.6 Å². The Balaban J connectivity index is 1.80. The Morgan fingerprint density at radius 3 is 2.61 bits per heavy atom. The van der Waals surface area contributed by atoms with Gasteiger partial charge in [0, 0.05) is 25.0 Å². The van der Waals surface area contributed by atoms with E-state index < -0.39 is 0 Å². The zero-order valence-electron chi connectivity index (χ0n) is 10.9. The van der Waals surface area contributed by atoms with Crippen molar-refractivity contribution in [1.29, 1.82) is 0 Å². The van der Waals surface area contributed by atoms with Crippen LogP contribution in [0.2, 0.25) is 0 Å². The molecule has 1 saturated heterocycles. The molecule has 1 N–H and O–H groups in total. The molecule has 1 heterocycles. The number of amides is 2. The van der Waals surface area contributed by atoms with Crippen molar-refractivity contribution < 1.29 is 9.59 Å². The van der Waals surface area contributed by atoms with Crippen molar-refractivity contribution in [2.45, 2.75) is 57.0 Å².